The van der Waals surface area contributed by atoms with Gasteiger partial charge in [-0.3, -0.25) is 0 Å². The molecule has 26 heavy (non-hydrogen) atoms. The van der Waals surface area contributed by atoms with Crippen molar-refractivity contribution in [3.63, 3.8) is 0 Å². The summed E-state index contributed by atoms with van der Waals surface area (Å²) in [5.41, 5.74) is 0. The molecule has 6 nitrogen and oxygen atoms in total. The molecule has 0 saturated heterocycles. The normalized spacial score (nSPS) is 12.2. The van der Waals surface area contributed by atoms with E-state index in [4.69, 9.17) is 29.6 Å². The Bertz CT molecular complexity index is 711. The van der Waals surface area contributed by atoms with Crippen LogP contribution in [0, 0.1) is 0 Å². The van der Waals surface area contributed by atoms with Crippen molar-refractivity contribution in [2.24, 2.45) is 0 Å². The lowest BCUT2D eigenvalue weighted by atomic mass is 10.2. The van der Waals surface area contributed by atoms with E-state index in [0.717, 1.165) is 0 Å². The summed E-state index contributed by atoms with van der Waals surface area (Å²) in [5.74, 6) is 0.594. The average molecular weight is 409 g/mol. The van der Waals surface area contributed by atoms with Gasteiger partial charge in [-0.1, -0.05) is 0 Å². The molecule has 0 fully saturated rings. The van der Waals surface area contributed by atoms with E-state index in [2.05, 4.69) is 0 Å². The summed E-state index contributed by atoms with van der Waals surface area (Å²) >= 11 is 0. The first kappa shape index (κ1) is 22.7. The topological polar surface area (TPSA) is 71.1 Å². The van der Waals surface area contributed by atoms with Crippen LogP contribution in [0.5, 0.6) is 23.0 Å². The molecule has 1 rings (SSSR count). The van der Waals surface area contributed by atoms with Crippen LogP contribution in [0.25, 0.3) is 0 Å². The van der Waals surface area contributed by atoms with Crippen molar-refractivity contribution in [2.75, 3.05) is 0 Å². The number of hydrogen-bond donors (Lipinski definition) is 0. The molecule has 0 bridgehead atoms. The van der Waals surface area contributed by atoms with Crippen LogP contribution in [0.15, 0.2) is 11.0 Å². The van der Waals surface area contributed by atoms with E-state index in [-0.39, 0.29) is 46.6 Å². The standard InChI is InChI=1S/C18H29ClO6S/c1-10(2)22-14-9-15(23-11(3)4)18(26(19,20)21)17(25-13(7)8)16(14)24-12(5)6/h9-13H,1-8H3. The molecule has 8 heteroatoms. The molecule has 0 N–H and O–H groups in total. The molecule has 0 radical (unpaired) electrons. The first-order chi connectivity index (χ1) is 11.8. The summed E-state index contributed by atoms with van der Waals surface area (Å²) in [6, 6.07) is 1.49. The van der Waals surface area contributed by atoms with Gasteiger partial charge in [-0.05, 0) is 55.4 Å². The second kappa shape index (κ2) is 9.04. The molecule has 0 aromatic heterocycles. The molecule has 0 heterocycles. The van der Waals surface area contributed by atoms with E-state index in [1.54, 1.807) is 27.7 Å². The van der Waals surface area contributed by atoms with E-state index >= 15 is 0 Å². The zero-order valence-corrected chi connectivity index (χ0v) is 18.2. The molecule has 0 amide bonds. The quantitative estimate of drug-likeness (QED) is 0.548. The Morgan fingerprint density at radius 2 is 1.08 bits per heavy atom. The molecule has 0 atom stereocenters. The molecule has 0 saturated carbocycles. The summed E-state index contributed by atoms with van der Waals surface area (Å²) in [6.07, 6.45) is -0.991. The lowest BCUT2D eigenvalue weighted by Gasteiger charge is -2.25. The molecule has 0 unspecified atom stereocenters. The summed E-state index contributed by atoms with van der Waals surface area (Å²) in [5, 5.41) is 0. The van der Waals surface area contributed by atoms with Gasteiger partial charge in [-0.25, -0.2) is 8.42 Å². The molecular weight excluding hydrogens is 380 g/mol. The largest absolute Gasteiger partial charge is 0.489 e. The lowest BCUT2D eigenvalue weighted by Crippen LogP contribution is -2.17. The van der Waals surface area contributed by atoms with Crippen LogP contribution in [0.2, 0.25) is 0 Å². The Balaban J connectivity index is 3.87. The van der Waals surface area contributed by atoms with Crippen molar-refractivity contribution in [2.45, 2.75) is 84.7 Å². The van der Waals surface area contributed by atoms with Crippen LogP contribution in [-0.2, 0) is 9.05 Å². The Kier molecular flexibility index (Phi) is 7.89. The molecular formula is C18H29ClO6S. The average Bonchev–Trinajstić information content (AvgIpc) is 2.38. The van der Waals surface area contributed by atoms with E-state index in [9.17, 15) is 8.42 Å². The van der Waals surface area contributed by atoms with Gasteiger partial charge in [0.15, 0.2) is 16.4 Å². The third-order valence-corrected chi connectivity index (χ3v) is 4.14. The van der Waals surface area contributed by atoms with Gasteiger partial charge in [0, 0.05) is 16.7 Å². The Morgan fingerprint density at radius 1 is 0.692 bits per heavy atom. The minimum absolute atomic E-state index is 0.00231. The van der Waals surface area contributed by atoms with Gasteiger partial charge >= 0.3 is 0 Å². The Hall–Kier alpha value is -1.34. The van der Waals surface area contributed by atoms with Gasteiger partial charge in [0.05, 0.1) is 24.4 Å². The van der Waals surface area contributed by atoms with Crippen LogP contribution >= 0.6 is 10.7 Å². The highest BCUT2D eigenvalue weighted by atomic mass is 35.7. The smallest absolute Gasteiger partial charge is 0.268 e. The highest BCUT2D eigenvalue weighted by molar-refractivity contribution is 8.14. The van der Waals surface area contributed by atoms with Crippen LogP contribution < -0.4 is 18.9 Å². The number of ether oxygens (including phenoxy) is 4. The van der Waals surface area contributed by atoms with E-state index < -0.39 is 9.05 Å². The molecule has 1 aromatic rings. The molecule has 0 spiro atoms. The third kappa shape index (κ3) is 6.43. The molecule has 150 valence electrons. The van der Waals surface area contributed by atoms with Crippen molar-refractivity contribution in [1.29, 1.82) is 0 Å². The summed E-state index contributed by atoms with van der Waals surface area (Å²) in [6.45, 7) is 14.5. The highest BCUT2D eigenvalue weighted by Gasteiger charge is 2.32. The summed E-state index contributed by atoms with van der Waals surface area (Å²) in [4.78, 5) is -0.256. The maximum absolute atomic E-state index is 12.3. The minimum atomic E-state index is -4.17. The summed E-state index contributed by atoms with van der Waals surface area (Å²) in [7, 11) is 1.55. The van der Waals surface area contributed by atoms with Gasteiger partial charge in [0.1, 0.15) is 5.75 Å². The fourth-order valence-electron chi connectivity index (χ4n) is 2.18. The van der Waals surface area contributed by atoms with Gasteiger partial charge in [0.2, 0.25) is 5.75 Å². The van der Waals surface area contributed by atoms with Crippen LogP contribution in [0.1, 0.15) is 55.4 Å². The molecule has 1 aromatic carbocycles. The summed E-state index contributed by atoms with van der Waals surface area (Å²) < 4.78 is 47.8. The molecule has 0 aliphatic rings. The van der Waals surface area contributed by atoms with Crippen molar-refractivity contribution >= 4 is 19.7 Å². The second-order valence-corrected chi connectivity index (χ2v) is 9.47. The fourth-order valence-corrected chi connectivity index (χ4v) is 3.33. The zero-order valence-electron chi connectivity index (χ0n) is 16.6. The maximum Gasteiger partial charge on any atom is 0.268 e. The Morgan fingerprint density at radius 3 is 1.46 bits per heavy atom. The van der Waals surface area contributed by atoms with Crippen molar-refractivity contribution in [3.8, 4) is 23.0 Å². The second-order valence-electron chi connectivity index (χ2n) is 6.96. The first-order valence-electron chi connectivity index (χ1n) is 8.65. The van der Waals surface area contributed by atoms with Gasteiger partial charge in [-0.2, -0.15) is 0 Å². The van der Waals surface area contributed by atoms with Crippen molar-refractivity contribution in [1.82, 2.24) is 0 Å². The van der Waals surface area contributed by atoms with E-state index in [0.29, 0.717) is 5.75 Å². The fraction of sp³-hybridized carbons (Fsp3) is 0.667. The SMILES string of the molecule is CC(C)Oc1cc(OC(C)C)c(S(=O)(=O)Cl)c(OC(C)C)c1OC(C)C. The number of halogens is 1. The van der Waals surface area contributed by atoms with Crippen LogP contribution in [0.3, 0.4) is 0 Å². The maximum atomic E-state index is 12.3. The molecule has 0 aliphatic carbocycles. The van der Waals surface area contributed by atoms with E-state index in [1.807, 2.05) is 27.7 Å². The van der Waals surface area contributed by atoms with Gasteiger partial charge in [-0.15, -0.1) is 0 Å². The van der Waals surface area contributed by atoms with Crippen molar-refractivity contribution < 1.29 is 27.4 Å². The van der Waals surface area contributed by atoms with Gasteiger partial charge < -0.3 is 18.9 Å². The Labute approximate surface area is 161 Å². The first-order valence-corrected chi connectivity index (χ1v) is 11.0. The minimum Gasteiger partial charge on any atom is -0.489 e. The predicted molar refractivity (Wildman–Crippen MR) is 103 cm³/mol. The lowest BCUT2D eigenvalue weighted by molar-refractivity contribution is 0.167. The third-order valence-electron chi connectivity index (χ3n) is 2.80. The van der Waals surface area contributed by atoms with E-state index in [1.165, 1.54) is 6.07 Å². The van der Waals surface area contributed by atoms with Crippen LogP contribution in [-0.4, -0.2) is 32.8 Å². The highest BCUT2D eigenvalue weighted by Crippen LogP contribution is 2.50. The molecule has 0 aliphatic heterocycles. The van der Waals surface area contributed by atoms with Crippen molar-refractivity contribution in [3.05, 3.63) is 6.07 Å². The number of hydrogen-bond acceptors (Lipinski definition) is 6. The monoisotopic (exact) mass is 408 g/mol. The van der Waals surface area contributed by atoms with Gasteiger partial charge in [0.25, 0.3) is 9.05 Å². The predicted octanol–water partition coefficient (Wildman–Crippen LogP) is 4.76. The number of rotatable bonds is 9. The van der Waals surface area contributed by atoms with Crippen LogP contribution in [0.4, 0.5) is 0 Å². The number of benzene rings is 1. The zero-order chi connectivity index (χ0) is 20.2.